The predicted molar refractivity (Wildman–Crippen MR) is 57.1 cm³/mol. The first-order valence-electron chi connectivity index (χ1n) is 4.79. The topological polar surface area (TPSA) is 39.9 Å². The Labute approximate surface area is 85.0 Å². The smallest absolute Gasteiger partial charge is 0.142 e. The number of hydrogen-bond donors (Lipinski definition) is 0. The molecule has 0 aliphatic heterocycles. The molecule has 0 saturated carbocycles. The number of aromatic nitrogens is 1. The van der Waals surface area contributed by atoms with Gasteiger partial charge >= 0.3 is 0 Å². The Hall–Kier alpha value is -1.56. The van der Waals surface area contributed by atoms with E-state index in [1.54, 1.807) is 6.07 Å². The second-order valence-electron chi connectivity index (χ2n) is 3.36. The van der Waals surface area contributed by atoms with Gasteiger partial charge in [0, 0.05) is 13.1 Å². The molecule has 0 saturated heterocycles. The molecule has 0 radical (unpaired) electrons. The molecule has 3 nitrogen and oxygen atoms in total. The lowest BCUT2D eigenvalue weighted by Gasteiger charge is -2.24. The third-order valence-corrected chi connectivity index (χ3v) is 2.46. The molecular weight excluding hydrogens is 174 g/mol. The van der Waals surface area contributed by atoms with Crippen molar-refractivity contribution in [3.05, 3.63) is 23.9 Å². The molecule has 0 fully saturated rings. The van der Waals surface area contributed by atoms with Gasteiger partial charge < -0.3 is 4.90 Å². The Morgan fingerprint density at radius 3 is 2.86 bits per heavy atom. The monoisotopic (exact) mass is 189 g/mol. The van der Waals surface area contributed by atoms with Crippen LogP contribution in [0.5, 0.6) is 0 Å². The Morgan fingerprint density at radius 1 is 1.57 bits per heavy atom. The highest BCUT2D eigenvalue weighted by Crippen LogP contribution is 2.13. The van der Waals surface area contributed by atoms with Gasteiger partial charge in [0.15, 0.2) is 0 Å². The Bertz CT molecular complexity index is 341. The maximum absolute atomic E-state index is 8.71. The number of nitriles is 1. The van der Waals surface area contributed by atoms with Crippen molar-refractivity contribution in [3.8, 4) is 6.07 Å². The fourth-order valence-electron chi connectivity index (χ4n) is 1.18. The van der Waals surface area contributed by atoms with Crippen LogP contribution in [0.1, 0.15) is 26.0 Å². The van der Waals surface area contributed by atoms with E-state index in [9.17, 15) is 0 Å². The average Bonchev–Trinajstić information content (AvgIpc) is 2.27. The fourth-order valence-corrected chi connectivity index (χ4v) is 1.18. The Balaban J connectivity index is 2.91. The van der Waals surface area contributed by atoms with Crippen LogP contribution in [0.25, 0.3) is 0 Å². The quantitative estimate of drug-likeness (QED) is 0.731. The van der Waals surface area contributed by atoms with E-state index in [1.807, 2.05) is 25.2 Å². The van der Waals surface area contributed by atoms with Crippen molar-refractivity contribution in [1.29, 1.82) is 5.26 Å². The zero-order valence-electron chi connectivity index (χ0n) is 8.86. The van der Waals surface area contributed by atoms with Crippen LogP contribution in [0, 0.1) is 11.3 Å². The third kappa shape index (κ3) is 2.23. The van der Waals surface area contributed by atoms with Crippen molar-refractivity contribution in [3.63, 3.8) is 0 Å². The third-order valence-electron chi connectivity index (χ3n) is 2.46. The van der Waals surface area contributed by atoms with Crippen molar-refractivity contribution in [1.82, 2.24) is 4.98 Å². The molecule has 0 N–H and O–H groups in total. The second-order valence-corrected chi connectivity index (χ2v) is 3.36. The van der Waals surface area contributed by atoms with Gasteiger partial charge in [-0.3, -0.25) is 0 Å². The zero-order chi connectivity index (χ0) is 10.6. The van der Waals surface area contributed by atoms with Gasteiger partial charge in [0.1, 0.15) is 17.6 Å². The molecule has 0 amide bonds. The highest BCUT2D eigenvalue weighted by Gasteiger charge is 2.08. The molecule has 0 spiro atoms. The molecule has 3 heteroatoms. The van der Waals surface area contributed by atoms with E-state index in [4.69, 9.17) is 5.26 Å². The van der Waals surface area contributed by atoms with Crippen LogP contribution in [0.4, 0.5) is 5.82 Å². The van der Waals surface area contributed by atoms with Gasteiger partial charge in [0.2, 0.25) is 0 Å². The van der Waals surface area contributed by atoms with Crippen molar-refractivity contribution in [2.45, 2.75) is 26.3 Å². The molecule has 1 heterocycles. The number of anilines is 1. The standard InChI is InChI=1S/C11H15N3/c1-4-9(2)14(3)11-7-5-6-10(8-12)13-11/h5-7,9H,4H2,1-3H3. The predicted octanol–water partition coefficient (Wildman–Crippen LogP) is 2.19. The number of rotatable bonds is 3. The van der Waals surface area contributed by atoms with E-state index >= 15 is 0 Å². The van der Waals surface area contributed by atoms with E-state index in [0.29, 0.717) is 11.7 Å². The van der Waals surface area contributed by atoms with Gasteiger partial charge in [-0.25, -0.2) is 4.98 Å². The molecule has 0 aliphatic carbocycles. The van der Waals surface area contributed by atoms with E-state index in [1.165, 1.54) is 0 Å². The normalized spacial score (nSPS) is 11.9. The summed E-state index contributed by atoms with van der Waals surface area (Å²) in [5.41, 5.74) is 0.470. The summed E-state index contributed by atoms with van der Waals surface area (Å²) in [6, 6.07) is 7.98. The molecule has 1 aromatic heterocycles. The van der Waals surface area contributed by atoms with Crippen molar-refractivity contribution in [2.75, 3.05) is 11.9 Å². The van der Waals surface area contributed by atoms with Crippen LogP contribution >= 0.6 is 0 Å². The molecule has 1 atom stereocenters. The van der Waals surface area contributed by atoms with Crippen LogP contribution in [0.3, 0.4) is 0 Å². The van der Waals surface area contributed by atoms with Gasteiger partial charge in [-0.1, -0.05) is 13.0 Å². The summed E-state index contributed by atoms with van der Waals surface area (Å²) in [5.74, 6) is 0.860. The lowest BCUT2D eigenvalue weighted by atomic mass is 10.2. The highest BCUT2D eigenvalue weighted by molar-refractivity contribution is 5.41. The van der Waals surface area contributed by atoms with Crippen molar-refractivity contribution in [2.24, 2.45) is 0 Å². The summed E-state index contributed by atoms with van der Waals surface area (Å²) in [6.07, 6.45) is 1.06. The minimum atomic E-state index is 0.441. The lowest BCUT2D eigenvalue weighted by molar-refractivity contribution is 0.656. The molecule has 0 bridgehead atoms. The highest BCUT2D eigenvalue weighted by atomic mass is 15.2. The second kappa shape index (κ2) is 4.61. The summed E-state index contributed by atoms with van der Waals surface area (Å²) in [7, 11) is 2.00. The zero-order valence-corrected chi connectivity index (χ0v) is 8.86. The Morgan fingerprint density at radius 2 is 2.29 bits per heavy atom. The molecule has 0 aromatic carbocycles. The van der Waals surface area contributed by atoms with Gasteiger partial charge in [-0.05, 0) is 25.5 Å². The first-order valence-corrected chi connectivity index (χ1v) is 4.79. The average molecular weight is 189 g/mol. The molecule has 14 heavy (non-hydrogen) atoms. The number of nitrogens with zero attached hydrogens (tertiary/aromatic N) is 3. The van der Waals surface area contributed by atoms with Crippen LogP contribution in [0.2, 0.25) is 0 Å². The van der Waals surface area contributed by atoms with Crippen LogP contribution < -0.4 is 4.90 Å². The minimum absolute atomic E-state index is 0.441. The van der Waals surface area contributed by atoms with E-state index in [0.717, 1.165) is 12.2 Å². The molecule has 0 aliphatic rings. The summed E-state index contributed by atoms with van der Waals surface area (Å²) < 4.78 is 0. The molecular formula is C11H15N3. The SMILES string of the molecule is CCC(C)N(C)c1cccc(C#N)n1. The lowest BCUT2D eigenvalue weighted by Crippen LogP contribution is -2.28. The fraction of sp³-hybridized carbons (Fsp3) is 0.455. The van der Waals surface area contributed by atoms with Gasteiger partial charge in [-0.15, -0.1) is 0 Å². The molecule has 1 rings (SSSR count). The molecule has 1 aromatic rings. The first kappa shape index (κ1) is 10.5. The number of hydrogen-bond acceptors (Lipinski definition) is 3. The van der Waals surface area contributed by atoms with Gasteiger partial charge in [0.25, 0.3) is 0 Å². The van der Waals surface area contributed by atoms with E-state index < -0.39 is 0 Å². The summed E-state index contributed by atoms with van der Waals surface area (Å²) in [4.78, 5) is 6.31. The summed E-state index contributed by atoms with van der Waals surface area (Å²) >= 11 is 0. The summed E-state index contributed by atoms with van der Waals surface area (Å²) in [5, 5.41) is 8.71. The Kier molecular flexibility index (Phi) is 3.47. The van der Waals surface area contributed by atoms with Crippen LogP contribution in [0.15, 0.2) is 18.2 Å². The molecule has 74 valence electrons. The van der Waals surface area contributed by atoms with E-state index in [2.05, 4.69) is 23.7 Å². The maximum Gasteiger partial charge on any atom is 0.142 e. The summed E-state index contributed by atoms with van der Waals surface area (Å²) in [6.45, 7) is 4.27. The minimum Gasteiger partial charge on any atom is -0.357 e. The molecule has 1 unspecified atom stereocenters. The van der Waals surface area contributed by atoms with Crippen molar-refractivity contribution < 1.29 is 0 Å². The van der Waals surface area contributed by atoms with Crippen molar-refractivity contribution >= 4 is 5.82 Å². The first-order chi connectivity index (χ1) is 6.69. The van der Waals surface area contributed by atoms with Crippen LogP contribution in [-0.2, 0) is 0 Å². The largest absolute Gasteiger partial charge is 0.357 e. The number of pyridine rings is 1. The van der Waals surface area contributed by atoms with Crippen LogP contribution in [-0.4, -0.2) is 18.1 Å². The van der Waals surface area contributed by atoms with Gasteiger partial charge in [0.05, 0.1) is 0 Å². The maximum atomic E-state index is 8.71. The van der Waals surface area contributed by atoms with E-state index in [-0.39, 0.29) is 0 Å². The van der Waals surface area contributed by atoms with Gasteiger partial charge in [-0.2, -0.15) is 5.26 Å².